The van der Waals surface area contributed by atoms with Crippen LogP contribution in [0.15, 0.2) is 66.9 Å². The minimum atomic E-state index is -0.201. The molecule has 1 atom stereocenters. The van der Waals surface area contributed by atoms with Gasteiger partial charge in [0.05, 0.1) is 11.7 Å². The summed E-state index contributed by atoms with van der Waals surface area (Å²) in [6.45, 7) is 4.58. The van der Waals surface area contributed by atoms with Crippen molar-refractivity contribution in [1.29, 1.82) is 0 Å². The number of hydrogen-bond donors (Lipinski definition) is 1. The number of rotatable bonds is 5. The second kappa shape index (κ2) is 8.49. The highest BCUT2D eigenvalue weighted by molar-refractivity contribution is 5.96. The summed E-state index contributed by atoms with van der Waals surface area (Å²) >= 11 is 0. The van der Waals surface area contributed by atoms with E-state index >= 15 is 0 Å². The Morgan fingerprint density at radius 1 is 1.10 bits per heavy atom. The molecule has 4 rings (SSSR count). The molecule has 1 N–H and O–H groups in total. The average Bonchev–Trinajstić information content (AvgIpc) is 3.22. The smallest absolute Gasteiger partial charge is 0.251 e. The van der Waals surface area contributed by atoms with E-state index in [1.807, 2.05) is 61.2 Å². The van der Waals surface area contributed by atoms with E-state index in [2.05, 4.69) is 16.4 Å². The first-order valence-corrected chi connectivity index (χ1v) is 10.3. The highest BCUT2D eigenvalue weighted by Crippen LogP contribution is 2.34. The first-order chi connectivity index (χ1) is 14.6. The highest BCUT2D eigenvalue weighted by Gasteiger charge is 2.24. The minimum Gasteiger partial charge on any atom is -0.345 e. The van der Waals surface area contributed by atoms with Gasteiger partial charge in [-0.15, -0.1) is 0 Å². The summed E-state index contributed by atoms with van der Waals surface area (Å²) in [4.78, 5) is 31.2. The number of nitrogens with zero attached hydrogens (tertiary/aromatic N) is 2. The predicted octanol–water partition coefficient (Wildman–Crippen LogP) is 4.54. The van der Waals surface area contributed by atoms with Crippen molar-refractivity contribution in [3.63, 3.8) is 0 Å². The Morgan fingerprint density at radius 3 is 2.67 bits per heavy atom. The maximum absolute atomic E-state index is 12.6. The highest BCUT2D eigenvalue weighted by atomic mass is 16.2. The Hall–Kier alpha value is -3.47. The number of hydrogen-bond acceptors (Lipinski definition) is 3. The predicted molar refractivity (Wildman–Crippen MR) is 118 cm³/mol. The summed E-state index contributed by atoms with van der Waals surface area (Å²) in [6, 6.07) is 19.0. The zero-order valence-electron chi connectivity index (χ0n) is 17.3. The third-order valence-electron chi connectivity index (χ3n) is 5.54. The van der Waals surface area contributed by atoms with Crippen LogP contribution in [0.25, 0.3) is 11.3 Å². The molecule has 0 radical (unpaired) electrons. The van der Waals surface area contributed by atoms with Gasteiger partial charge in [-0.2, -0.15) is 0 Å². The summed E-state index contributed by atoms with van der Waals surface area (Å²) in [5.41, 5.74) is 5.59. The molecule has 1 aromatic heterocycles. The molecule has 30 heavy (non-hydrogen) atoms. The number of pyridine rings is 1. The lowest BCUT2D eigenvalue weighted by atomic mass is 9.98. The van der Waals surface area contributed by atoms with Crippen molar-refractivity contribution in [2.45, 2.75) is 32.7 Å². The summed E-state index contributed by atoms with van der Waals surface area (Å²) < 4.78 is 0. The summed E-state index contributed by atoms with van der Waals surface area (Å²) in [6.07, 6.45) is 3.12. The standard InChI is InChI=1S/C25H25N3O2/c1-3-23(29)28-15-13-19-16-20(11-12-22(19)28)24-21(10-7-14-26-24)17(2)27-25(30)18-8-5-4-6-9-18/h4-12,14,16-17H,3,13,15H2,1-2H3,(H,27,30). The molecule has 5 heteroatoms. The first-order valence-electron chi connectivity index (χ1n) is 10.3. The van der Waals surface area contributed by atoms with Crippen LogP contribution in [0.4, 0.5) is 5.69 Å². The van der Waals surface area contributed by atoms with Gasteiger partial charge in [0.1, 0.15) is 0 Å². The molecule has 0 bridgehead atoms. The van der Waals surface area contributed by atoms with Crippen LogP contribution in [0, 0.1) is 0 Å². The molecule has 1 aliphatic rings. The fraction of sp³-hybridized carbons (Fsp3) is 0.240. The molecular formula is C25H25N3O2. The van der Waals surface area contributed by atoms with Crippen molar-refractivity contribution >= 4 is 17.5 Å². The zero-order valence-corrected chi connectivity index (χ0v) is 17.3. The number of anilines is 1. The zero-order chi connectivity index (χ0) is 21.1. The van der Waals surface area contributed by atoms with Crippen LogP contribution >= 0.6 is 0 Å². The normalized spacial score (nSPS) is 13.6. The molecule has 0 saturated carbocycles. The van der Waals surface area contributed by atoms with Crippen LogP contribution in [0.1, 0.15) is 47.8 Å². The molecule has 2 heterocycles. The number of carbonyl (C=O) groups is 2. The van der Waals surface area contributed by atoms with E-state index < -0.39 is 0 Å². The maximum atomic E-state index is 12.6. The number of amides is 2. The maximum Gasteiger partial charge on any atom is 0.251 e. The summed E-state index contributed by atoms with van der Waals surface area (Å²) in [7, 11) is 0. The van der Waals surface area contributed by atoms with E-state index in [0.717, 1.165) is 41.0 Å². The molecule has 2 aromatic carbocycles. The van der Waals surface area contributed by atoms with Gasteiger partial charge in [-0.3, -0.25) is 14.6 Å². The monoisotopic (exact) mass is 399 g/mol. The molecule has 0 saturated heterocycles. The van der Waals surface area contributed by atoms with Crippen molar-refractivity contribution in [1.82, 2.24) is 10.3 Å². The van der Waals surface area contributed by atoms with Gasteiger partial charge in [0.15, 0.2) is 0 Å². The number of carbonyl (C=O) groups excluding carboxylic acids is 2. The lowest BCUT2D eigenvalue weighted by Gasteiger charge is -2.19. The Kier molecular flexibility index (Phi) is 5.61. The van der Waals surface area contributed by atoms with E-state index in [4.69, 9.17) is 0 Å². The van der Waals surface area contributed by atoms with Gasteiger partial charge >= 0.3 is 0 Å². The molecule has 2 amide bonds. The van der Waals surface area contributed by atoms with Gasteiger partial charge < -0.3 is 10.2 Å². The van der Waals surface area contributed by atoms with Crippen LogP contribution in [-0.4, -0.2) is 23.3 Å². The lowest BCUT2D eigenvalue weighted by molar-refractivity contribution is -0.118. The van der Waals surface area contributed by atoms with Crippen molar-refractivity contribution < 1.29 is 9.59 Å². The van der Waals surface area contributed by atoms with E-state index in [-0.39, 0.29) is 17.9 Å². The van der Waals surface area contributed by atoms with E-state index in [9.17, 15) is 9.59 Å². The number of nitrogens with one attached hydrogen (secondary N) is 1. The molecule has 0 spiro atoms. The van der Waals surface area contributed by atoms with Crippen LogP contribution in [-0.2, 0) is 11.2 Å². The van der Waals surface area contributed by atoms with Gasteiger partial charge in [0.2, 0.25) is 5.91 Å². The molecule has 1 unspecified atom stereocenters. The average molecular weight is 399 g/mol. The summed E-state index contributed by atoms with van der Waals surface area (Å²) in [5, 5.41) is 3.07. The van der Waals surface area contributed by atoms with Gasteiger partial charge in [-0.1, -0.05) is 37.3 Å². The number of benzene rings is 2. The van der Waals surface area contributed by atoms with E-state index in [1.165, 1.54) is 0 Å². The molecule has 3 aromatic rings. The Labute approximate surface area is 176 Å². The topological polar surface area (TPSA) is 62.3 Å². The second-order valence-electron chi connectivity index (χ2n) is 7.49. The number of fused-ring (bicyclic) bond motifs is 1. The van der Waals surface area contributed by atoms with Gasteiger partial charge in [0, 0.05) is 41.5 Å². The Morgan fingerprint density at radius 2 is 1.90 bits per heavy atom. The van der Waals surface area contributed by atoms with E-state index in [0.29, 0.717) is 12.0 Å². The number of aromatic nitrogens is 1. The van der Waals surface area contributed by atoms with Gasteiger partial charge in [-0.05, 0) is 49.2 Å². The lowest BCUT2D eigenvalue weighted by Crippen LogP contribution is -2.27. The van der Waals surface area contributed by atoms with Crippen molar-refractivity contribution in [3.05, 3.63) is 83.6 Å². The Bertz CT molecular complexity index is 1080. The largest absolute Gasteiger partial charge is 0.345 e. The minimum absolute atomic E-state index is 0.111. The van der Waals surface area contributed by atoms with E-state index in [1.54, 1.807) is 18.3 Å². The van der Waals surface area contributed by atoms with Crippen LogP contribution in [0.3, 0.4) is 0 Å². The first kappa shape index (κ1) is 19.8. The molecule has 0 fully saturated rings. The molecular weight excluding hydrogens is 374 g/mol. The third kappa shape index (κ3) is 3.83. The van der Waals surface area contributed by atoms with Crippen LogP contribution in [0.2, 0.25) is 0 Å². The molecule has 5 nitrogen and oxygen atoms in total. The Balaban J connectivity index is 1.61. The van der Waals surface area contributed by atoms with Crippen molar-refractivity contribution in [3.8, 4) is 11.3 Å². The molecule has 152 valence electrons. The fourth-order valence-electron chi connectivity index (χ4n) is 3.95. The van der Waals surface area contributed by atoms with Crippen LogP contribution < -0.4 is 10.2 Å². The SMILES string of the molecule is CCC(=O)N1CCc2cc(-c3ncccc3C(C)NC(=O)c3ccccc3)ccc21. The van der Waals surface area contributed by atoms with Gasteiger partial charge in [0.25, 0.3) is 5.91 Å². The molecule has 0 aliphatic carbocycles. The molecule has 1 aliphatic heterocycles. The van der Waals surface area contributed by atoms with Crippen LogP contribution in [0.5, 0.6) is 0 Å². The third-order valence-corrected chi connectivity index (χ3v) is 5.54. The van der Waals surface area contributed by atoms with Crippen molar-refractivity contribution in [2.24, 2.45) is 0 Å². The quantitative estimate of drug-likeness (QED) is 0.685. The second-order valence-corrected chi connectivity index (χ2v) is 7.49. The fourth-order valence-corrected chi connectivity index (χ4v) is 3.95. The van der Waals surface area contributed by atoms with Gasteiger partial charge in [-0.25, -0.2) is 0 Å². The summed E-state index contributed by atoms with van der Waals surface area (Å²) in [5.74, 6) is 0.0397. The van der Waals surface area contributed by atoms with Crippen molar-refractivity contribution in [2.75, 3.05) is 11.4 Å².